The summed E-state index contributed by atoms with van der Waals surface area (Å²) >= 11 is 0. The number of amides is 1. The zero-order valence-electron chi connectivity index (χ0n) is 13.9. The molecule has 0 spiro atoms. The maximum atomic E-state index is 12.3. The molecule has 2 aromatic carbocycles. The van der Waals surface area contributed by atoms with Crippen molar-refractivity contribution in [1.82, 2.24) is 4.90 Å². The van der Waals surface area contributed by atoms with Crippen LogP contribution < -0.4 is 0 Å². The molecule has 1 amide bonds. The molecule has 0 heterocycles. The van der Waals surface area contributed by atoms with Gasteiger partial charge >= 0.3 is 6.09 Å². The molecule has 0 aromatic heterocycles. The molecule has 3 heteroatoms. The first kappa shape index (κ1) is 16.1. The molecule has 1 aliphatic rings. The van der Waals surface area contributed by atoms with Gasteiger partial charge in [-0.25, -0.2) is 4.79 Å². The SMILES string of the molecule is C#CCCN(CC)C(=O)OCC1c2ccccc2-c2ccccc21. The predicted octanol–water partition coefficient (Wildman–Crippen LogP) is 4.28. The molecule has 122 valence electrons. The van der Waals surface area contributed by atoms with Gasteiger partial charge in [0.15, 0.2) is 0 Å². The second kappa shape index (κ2) is 7.23. The van der Waals surface area contributed by atoms with E-state index in [2.05, 4.69) is 30.2 Å². The third kappa shape index (κ3) is 3.00. The van der Waals surface area contributed by atoms with Crippen molar-refractivity contribution in [3.05, 3.63) is 59.7 Å². The molecular formula is C21H21NO2. The number of carbonyl (C=O) groups excluding carboxylic acids is 1. The minimum absolute atomic E-state index is 0.0905. The normalized spacial score (nSPS) is 12.2. The molecule has 0 saturated heterocycles. The first-order valence-corrected chi connectivity index (χ1v) is 8.29. The van der Waals surface area contributed by atoms with Crippen LogP contribution in [0.15, 0.2) is 48.5 Å². The number of fused-ring (bicyclic) bond motifs is 3. The number of benzene rings is 2. The molecule has 2 aromatic rings. The lowest BCUT2D eigenvalue weighted by molar-refractivity contribution is 0.102. The molecule has 0 atom stereocenters. The van der Waals surface area contributed by atoms with E-state index in [0.29, 0.717) is 26.1 Å². The molecule has 0 unspecified atom stereocenters. The van der Waals surface area contributed by atoms with E-state index < -0.39 is 0 Å². The lowest BCUT2D eigenvalue weighted by Gasteiger charge is -2.21. The van der Waals surface area contributed by atoms with E-state index in [4.69, 9.17) is 11.2 Å². The average molecular weight is 319 g/mol. The van der Waals surface area contributed by atoms with Gasteiger partial charge in [0.2, 0.25) is 0 Å². The molecule has 0 saturated carbocycles. The van der Waals surface area contributed by atoms with Crippen molar-refractivity contribution in [1.29, 1.82) is 0 Å². The summed E-state index contributed by atoms with van der Waals surface area (Å²) in [5, 5.41) is 0. The number of ether oxygens (including phenoxy) is 1. The van der Waals surface area contributed by atoms with Crippen molar-refractivity contribution in [2.45, 2.75) is 19.3 Å². The van der Waals surface area contributed by atoms with Gasteiger partial charge in [0, 0.05) is 25.4 Å². The Hall–Kier alpha value is -2.73. The Labute approximate surface area is 143 Å². The highest BCUT2D eigenvalue weighted by atomic mass is 16.6. The molecular weight excluding hydrogens is 298 g/mol. The lowest BCUT2D eigenvalue weighted by Crippen LogP contribution is -2.33. The maximum absolute atomic E-state index is 12.3. The summed E-state index contributed by atoms with van der Waals surface area (Å²) in [7, 11) is 0. The van der Waals surface area contributed by atoms with Gasteiger partial charge in [0.25, 0.3) is 0 Å². The molecule has 3 rings (SSSR count). The van der Waals surface area contributed by atoms with Gasteiger partial charge in [-0.2, -0.15) is 0 Å². The third-order valence-corrected chi connectivity index (χ3v) is 4.50. The fourth-order valence-electron chi connectivity index (χ4n) is 3.26. The number of hydrogen-bond acceptors (Lipinski definition) is 2. The van der Waals surface area contributed by atoms with E-state index in [0.717, 1.165) is 0 Å². The van der Waals surface area contributed by atoms with Crippen LogP contribution in [-0.2, 0) is 4.74 Å². The van der Waals surface area contributed by atoms with Crippen LogP contribution in [0.2, 0.25) is 0 Å². The predicted molar refractivity (Wildman–Crippen MR) is 95.8 cm³/mol. The largest absolute Gasteiger partial charge is 0.448 e. The molecule has 24 heavy (non-hydrogen) atoms. The Balaban J connectivity index is 1.76. The second-order valence-corrected chi connectivity index (χ2v) is 5.84. The van der Waals surface area contributed by atoms with Crippen molar-refractivity contribution in [3.63, 3.8) is 0 Å². The Morgan fingerprint density at radius 2 is 1.71 bits per heavy atom. The Kier molecular flexibility index (Phi) is 4.86. The van der Waals surface area contributed by atoms with Crippen molar-refractivity contribution in [3.8, 4) is 23.5 Å². The topological polar surface area (TPSA) is 29.5 Å². The summed E-state index contributed by atoms with van der Waals surface area (Å²) in [4.78, 5) is 13.9. The molecule has 0 aliphatic heterocycles. The molecule has 1 aliphatic carbocycles. The van der Waals surface area contributed by atoms with Crippen LogP contribution in [0.4, 0.5) is 4.79 Å². The maximum Gasteiger partial charge on any atom is 0.409 e. The minimum Gasteiger partial charge on any atom is -0.448 e. The summed E-state index contributed by atoms with van der Waals surface area (Å²) in [6.07, 6.45) is 5.53. The number of hydrogen-bond donors (Lipinski definition) is 0. The van der Waals surface area contributed by atoms with Crippen LogP contribution in [-0.4, -0.2) is 30.7 Å². The minimum atomic E-state index is -0.297. The second-order valence-electron chi connectivity index (χ2n) is 5.84. The highest BCUT2D eigenvalue weighted by Gasteiger charge is 2.29. The van der Waals surface area contributed by atoms with Gasteiger partial charge in [-0.1, -0.05) is 48.5 Å². The third-order valence-electron chi connectivity index (χ3n) is 4.50. The van der Waals surface area contributed by atoms with Gasteiger partial charge in [-0.3, -0.25) is 0 Å². The van der Waals surface area contributed by atoms with Crippen molar-refractivity contribution in [2.75, 3.05) is 19.7 Å². The van der Waals surface area contributed by atoms with E-state index in [1.54, 1.807) is 4.90 Å². The summed E-state index contributed by atoms with van der Waals surface area (Å²) in [5.41, 5.74) is 4.90. The van der Waals surface area contributed by atoms with Gasteiger partial charge in [-0.05, 0) is 29.2 Å². The number of rotatable bonds is 5. The lowest BCUT2D eigenvalue weighted by atomic mass is 9.98. The summed E-state index contributed by atoms with van der Waals surface area (Å²) in [6, 6.07) is 16.6. The van der Waals surface area contributed by atoms with E-state index in [1.165, 1.54) is 22.3 Å². The van der Waals surface area contributed by atoms with Crippen LogP contribution in [0.25, 0.3) is 11.1 Å². The number of nitrogens with zero attached hydrogens (tertiary/aromatic N) is 1. The first-order valence-electron chi connectivity index (χ1n) is 8.29. The fourth-order valence-corrected chi connectivity index (χ4v) is 3.26. The van der Waals surface area contributed by atoms with Crippen LogP contribution in [0.5, 0.6) is 0 Å². The van der Waals surface area contributed by atoms with Gasteiger partial charge in [0.05, 0.1) is 0 Å². The smallest absolute Gasteiger partial charge is 0.409 e. The average Bonchev–Trinajstić information content (AvgIpc) is 2.94. The fraction of sp³-hybridized carbons (Fsp3) is 0.286. The monoisotopic (exact) mass is 319 g/mol. The Morgan fingerprint density at radius 1 is 1.12 bits per heavy atom. The van der Waals surface area contributed by atoms with E-state index in [9.17, 15) is 4.79 Å². The number of carbonyl (C=O) groups is 1. The zero-order chi connectivity index (χ0) is 16.9. The van der Waals surface area contributed by atoms with Gasteiger partial charge < -0.3 is 9.64 Å². The Morgan fingerprint density at radius 3 is 2.25 bits per heavy atom. The van der Waals surface area contributed by atoms with Crippen LogP contribution in [0.1, 0.15) is 30.4 Å². The molecule has 0 bridgehead atoms. The van der Waals surface area contributed by atoms with E-state index in [1.807, 2.05) is 31.2 Å². The molecule has 0 fully saturated rings. The highest BCUT2D eigenvalue weighted by molar-refractivity contribution is 5.79. The highest BCUT2D eigenvalue weighted by Crippen LogP contribution is 2.44. The quantitative estimate of drug-likeness (QED) is 0.770. The number of terminal acetylenes is 1. The van der Waals surface area contributed by atoms with Crippen molar-refractivity contribution < 1.29 is 9.53 Å². The molecule has 3 nitrogen and oxygen atoms in total. The van der Waals surface area contributed by atoms with E-state index in [-0.39, 0.29) is 12.0 Å². The van der Waals surface area contributed by atoms with E-state index >= 15 is 0 Å². The van der Waals surface area contributed by atoms with Gasteiger partial charge in [0.1, 0.15) is 6.61 Å². The zero-order valence-corrected chi connectivity index (χ0v) is 13.9. The summed E-state index contributed by atoms with van der Waals surface area (Å²) in [6.45, 7) is 3.40. The van der Waals surface area contributed by atoms with Crippen LogP contribution in [0, 0.1) is 12.3 Å². The standard InChI is InChI=1S/C21H21NO2/c1-3-5-14-22(4-2)21(23)24-15-20-18-12-8-6-10-16(18)17-11-7-9-13-19(17)20/h1,6-13,20H,4-5,14-15H2,2H3. The first-order chi connectivity index (χ1) is 11.8. The van der Waals surface area contributed by atoms with Crippen molar-refractivity contribution in [2.24, 2.45) is 0 Å². The van der Waals surface area contributed by atoms with Crippen LogP contribution >= 0.6 is 0 Å². The molecule has 0 N–H and O–H groups in total. The molecule has 0 radical (unpaired) electrons. The Bertz CT molecular complexity index is 730. The summed E-state index contributed by atoms with van der Waals surface area (Å²) in [5.74, 6) is 2.65. The van der Waals surface area contributed by atoms with Gasteiger partial charge in [-0.15, -0.1) is 12.3 Å². The van der Waals surface area contributed by atoms with Crippen LogP contribution in [0.3, 0.4) is 0 Å². The van der Waals surface area contributed by atoms with Crippen molar-refractivity contribution >= 4 is 6.09 Å². The summed E-state index contributed by atoms with van der Waals surface area (Å²) < 4.78 is 5.61.